The van der Waals surface area contributed by atoms with Crippen molar-refractivity contribution in [3.05, 3.63) is 12.7 Å². The molecule has 0 aliphatic carbocycles. The van der Waals surface area contributed by atoms with E-state index < -0.39 is 0 Å². The lowest BCUT2D eigenvalue weighted by atomic mass is 10.1. The molecular formula is C10H18N2O. The Morgan fingerprint density at radius 2 is 2.08 bits per heavy atom. The molecule has 0 atom stereocenters. The highest BCUT2D eigenvalue weighted by molar-refractivity contribution is 6.42. The number of nitrogens with zero attached hydrogens (tertiary/aromatic N) is 2. The molecule has 3 nitrogen and oxygen atoms in total. The van der Waals surface area contributed by atoms with Crippen LogP contribution in [-0.4, -0.2) is 23.2 Å². The van der Waals surface area contributed by atoms with Crippen molar-refractivity contribution in [1.82, 2.24) is 0 Å². The summed E-state index contributed by atoms with van der Waals surface area (Å²) in [5.74, 6) is 0. The number of rotatable bonds is 6. The summed E-state index contributed by atoms with van der Waals surface area (Å²) in [6.45, 7) is 8.23. The molecule has 0 unspecified atom stereocenters. The van der Waals surface area contributed by atoms with Crippen LogP contribution in [0, 0.1) is 0 Å². The summed E-state index contributed by atoms with van der Waals surface area (Å²) in [6, 6.07) is 0. The second-order valence-corrected chi connectivity index (χ2v) is 2.73. The third kappa shape index (κ3) is 4.45. The standard InChI is InChI=1S/C10H18N2O/c1-4-7-10(12-13)9(6-3)11-8-5-2/h5,13H,2,4,6-8H2,1,3H3/b11-9?,12-10+. The fourth-order valence-corrected chi connectivity index (χ4v) is 1.07. The number of hydrogen-bond donors (Lipinski definition) is 1. The quantitative estimate of drug-likeness (QED) is 0.292. The molecule has 74 valence electrons. The van der Waals surface area contributed by atoms with Crippen LogP contribution in [0.15, 0.2) is 22.8 Å². The van der Waals surface area contributed by atoms with Gasteiger partial charge in [0.05, 0.1) is 12.3 Å². The topological polar surface area (TPSA) is 45.0 Å². The van der Waals surface area contributed by atoms with Crippen molar-refractivity contribution in [2.24, 2.45) is 10.1 Å². The predicted octanol–water partition coefficient (Wildman–Crippen LogP) is 2.65. The number of hydrogen-bond acceptors (Lipinski definition) is 3. The predicted molar refractivity (Wildman–Crippen MR) is 56.9 cm³/mol. The van der Waals surface area contributed by atoms with Gasteiger partial charge in [-0.1, -0.05) is 31.5 Å². The molecule has 0 rings (SSSR count). The molecule has 0 aromatic carbocycles. The summed E-state index contributed by atoms with van der Waals surface area (Å²) in [7, 11) is 0. The third-order valence-corrected chi connectivity index (χ3v) is 1.69. The Kier molecular flexibility index (Phi) is 6.88. The fraction of sp³-hybridized carbons (Fsp3) is 0.600. The molecule has 0 fully saturated rings. The zero-order valence-corrected chi connectivity index (χ0v) is 8.45. The first kappa shape index (κ1) is 11.9. The molecule has 3 heteroatoms. The summed E-state index contributed by atoms with van der Waals surface area (Å²) < 4.78 is 0. The number of oxime groups is 1. The highest BCUT2D eigenvalue weighted by Gasteiger charge is 2.05. The average molecular weight is 182 g/mol. The minimum Gasteiger partial charge on any atom is -0.411 e. The van der Waals surface area contributed by atoms with Gasteiger partial charge in [0.2, 0.25) is 0 Å². The molecule has 0 saturated carbocycles. The van der Waals surface area contributed by atoms with Gasteiger partial charge in [-0.2, -0.15) is 0 Å². The smallest absolute Gasteiger partial charge is 0.100 e. The van der Waals surface area contributed by atoms with Crippen LogP contribution >= 0.6 is 0 Å². The van der Waals surface area contributed by atoms with Crippen molar-refractivity contribution in [3.63, 3.8) is 0 Å². The second-order valence-electron chi connectivity index (χ2n) is 2.73. The van der Waals surface area contributed by atoms with E-state index in [1.807, 2.05) is 13.8 Å². The van der Waals surface area contributed by atoms with E-state index in [0.29, 0.717) is 12.3 Å². The summed E-state index contributed by atoms with van der Waals surface area (Å²) in [5, 5.41) is 12.0. The Bertz CT molecular complexity index is 207. The van der Waals surface area contributed by atoms with Crippen molar-refractivity contribution in [3.8, 4) is 0 Å². The Balaban J connectivity index is 4.43. The van der Waals surface area contributed by atoms with E-state index >= 15 is 0 Å². The molecule has 0 heterocycles. The van der Waals surface area contributed by atoms with E-state index in [1.165, 1.54) is 0 Å². The van der Waals surface area contributed by atoms with Crippen LogP contribution < -0.4 is 0 Å². The van der Waals surface area contributed by atoms with Crippen LogP contribution in [0.5, 0.6) is 0 Å². The summed E-state index contributed by atoms with van der Waals surface area (Å²) >= 11 is 0. The maximum absolute atomic E-state index is 8.74. The molecule has 0 aliphatic rings. The molecule has 0 radical (unpaired) electrons. The molecule has 0 aromatic rings. The van der Waals surface area contributed by atoms with Gasteiger partial charge in [-0.15, -0.1) is 6.58 Å². The van der Waals surface area contributed by atoms with Crippen molar-refractivity contribution in [2.75, 3.05) is 6.54 Å². The summed E-state index contributed by atoms with van der Waals surface area (Å²) in [4.78, 5) is 4.26. The van der Waals surface area contributed by atoms with Gasteiger partial charge in [0.15, 0.2) is 0 Å². The van der Waals surface area contributed by atoms with Gasteiger partial charge in [0.25, 0.3) is 0 Å². The molecule has 0 aromatic heterocycles. The average Bonchev–Trinajstić information content (AvgIpc) is 2.17. The Labute approximate surface area is 79.9 Å². The first-order valence-electron chi connectivity index (χ1n) is 4.65. The zero-order chi connectivity index (χ0) is 10.1. The fourth-order valence-electron chi connectivity index (χ4n) is 1.07. The van der Waals surface area contributed by atoms with Crippen LogP contribution in [-0.2, 0) is 0 Å². The van der Waals surface area contributed by atoms with Crippen molar-refractivity contribution in [1.29, 1.82) is 0 Å². The largest absolute Gasteiger partial charge is 0.411 e. The SMILES string of the molecule is C=CCN=C(CC)/C(CCC)=N/O. The zero-order valence-electron chi connectivity index (χ0n) is 8.45. The maximum atomic E-state index is 8.74. The van der Waals surface area contributed by atoms with Gasteiger partial charge in [-0.25, -0.2) is 0 Å². The van der Waals surface area contributed by atoms with Gasteiger partial charge < -0.3 is 5.21 Å². The van der Waals surface area contributed by atoms with Gasteiger partial charge >= 0.3 is 0 Å². The van der Waals surface area contributed by atoms with E-state index in [0.717, 1.165) is 25.0 Å². The van der Waals surface area contributed by atoms with E-state index in [-0.39, 0.29) is 0 Å². The van der Waals surface area contributed by atoms with Crippen molar-refractivity contribution in [2.45, 2.75) is 33.1 Å². The minimum absolute atomic E-state index is 0.589. The van der Waals surface area contributed by atoms with Gasteiger partial charge in [0.1, 0.15) is 5.71 Å². The lowest BCUT2D eigenvalue weighted by molar-refractivity contribution is 0.318. The molecular weight excluding hydrogens is 164 g/mol. The molecule has 0 aliphatic heterocycles. The van der Waals surface area contributed by atoms with Gasteiger partial charge in [-0.3, -0.25) is 4.99 Å². The van der Waals surface area contributed by atoms with E-state index in [1.54, 1.807) is 6.08 Å². The first-order chi connectivity index (χ1) is 6.29. The van der Waals surface area contributed by atoms with Crippen LogP contribution in [0.1, 0.15) is 33.1 Å². The highest BCUT2D eigenvalue weighted by Crippen LogP contribution is 1.99. The third-order valence-electron chi connectivity index (χ3n) is 1.69. The molecule has 0 saturated heterocycles. The Morgan fingerprint density at radius 3 is 2.46 bits per heavy atom. The van der Waals surface area contributed by atoms with E-state index in [4.69, 9.17) is 5.21 Å². The highest BCUT2D eigenvalue weighted by atomic mass is 16.4. The lowest BCUT2D eigenvalue weighted by Gasteiger charge is -2.04. The Morgan fingerprint density at radius 1 is 1.38 bits per heavy atom. The first-order valence-corrected chi connectivity index (χ1v) is 4.65. The van der Waals surface area contributed by atoms with Crippen LogP contribution in [0.25, 0.3) is 0 Å². The van der Waals surface area contributed by atoms with Crippen LogP contribution in [0.2, 0.25) is 0 Å². The van der Waals surface area contributed by atoms with Crippen molar-refractivity contribution < 1.29 is 5.21 Å². The van der Waals surface area contributed by atoms with Gasteiger partial charge in [-0.05, 0) is 12.8 Å². The summed E-state index contributed by atoms with van der Waals surface area (Å²) in [5.41, 5.74) is 1.58. The number of aliphatic imine (C=N–C) groups is 1. The minimum atomic E-state index is 0.589. The Hall–Kier alpha value is -1.12. The molecule has 13 heavy (non-hydrogen) atoms. The second kappa shape index (κ2) is 7.53. The normalized spacial score (nSPS) is 13.1. The van der Waals surface area contributed by atoms with E-state index in [9.17, 15) is 0 Å². The lowest BCUT2D eigenvalue weighted by Crippen LogP contribution is -2.13. The van der Waals surface area contributed by atoms with E-state index in [2.05, 4.69) is 16.7 Å². The molecule has 0 spiro atoms. The summed E-state index contributed by atoms with van der Waals surface area (Å²) in [6.07, 6.45) is 4.27. The monoisotopic (exact) mass is 182 g/mol. The van der Waals surface area contributed by atoms with Gasteiger partial charge in [0, 0.05) is 0 Å². The molecule has 0 amide bonds. The maximum Gasteiger partial charge on any atom is 0.100 e. The van der Waals surface area contributed by atoms with Crippen LogP contribution in [0.3, 0.4) is 0 Å². The van der Waals surface area contributed by atoms with Crippen LogP contribution in [0.4, 0.5) is 0 Å². The molecule has 1 N–H and O–H groups in total. The molecule has 0 bridgehead atoms. The van der Waals surface area contributed by atoms with Crippen molar-refractivity contribution >= 4 is 11.4 Å².